The van der Waals surface area contributed by atoms with Crippen molar-refractivity contribution >= 4 is 0 Å². The molecule has 0 aromatic heterocycles. The van der Waals surface area contributed by atoms with Crippen LogP contribution in [-0.4, -0.2) is 12.6 Å². The van der Waals surface area contributed by atoms with Crippen molar-refractivity contribution < 1.29 is 0 Å². The van der Waals surface area contributed by atoms with E-state index >= 15 is 0 Å². The fraction of sp³-hybridized carbons (Fsp3) is 0.625. The summed E-state index contributed by atoms with van der Waals surface area (Å²) in [5.74, 6) is 0.746. The zero-order valence-electron chi connectivity index (χ0n) is 11.8. The van der Waals surface area contributed by atoms with Crippen LogP contribution in [0.1, 0.15) is 44.7 Å². The average Bonchev–Trinajstić information content (AvgIpc) is 2.29. The van der Waals surface area contributed by atoms with E-state index in [4.69, 9.17) is 0 Å². The van der Waals surface area contributed by atoms with Gasteiger partial charge in [-0.25, -0.2) is 0 Å². The molecule has 0 heterocycles. The van der Waals surface area contributed by atoms with Crippen LogP contribution >= 0.6 is 0 Å². The molecule has 0 bridgehead atoms. The van der Waals surface area contributed by atoms with Crippen LogP contribution in [0.4, 0.5) is 0 Å². The molecular weight excluding hydrogens is 206 g/mol. The van der Waals surface area contributed by atoms with Crippen LogP contribution in [0, 0.1) is 12.8 Å². The largest absolute Gasteiger partial charge is 0.314 e. The van der Waals surface area contributed by atoms with Gasteiger partial charge in [0.25, 0.3) is 0 Å². The van der Waals surface area contributed by atoms with Gasteiger partial charge in [0.15, 0.2) is 0 Å². The number of hydrogen-bond acceptors (Lipinski definition) is 1. The van der Waals surface area contributed by atoms with Gasteiger partial charge in [-0.1, -0.05) is 38.1 Å². The van der Waals surface area contributed by atoms with Crippen LogP contribution in [0.3, 0.4) is 0 Å². The smallest absolute Gasteiger partial charge is 0.00413 e. The van der Waals surface area contributed by atoms with Crippen molar-refractivity contribution in [1.82, 2.24) is 5.32 Å². The Morgan fingerprint density at radius 1 is 1.18 bits per heavy atom. The Labute approximate surface area is 107 Å². The molecule has 0 aliphatic rings. The van der Waals surface area contributed by atoms with E-state index in [0.29, 0.717) is 6.04 Å². The lowest BCUT2D eigenvalue weighted by Crippen LogP contribution is -2.28. The molecule has 17 heavy (non-hydrogen) atoms. The predicted molar refractivity (Wildman–Crippen MR) is 76.4 cm³/mol. The van der Waals surface area contributed by atoms with Gasteiger partial charge in [0.1, 0.15) is 0 Å². The van der Waals surface area contributed by atoms with E-state index in [2.05, 4.69) is 57.3 Å². The van der Waals surface area contributed by atoms with E-state index in [1.165, 1.54) is 30.4 Å². The van der Waals surface area contributed by atoms with Gasteiger partial charge in [-0.2, -0.15) is 0 Å². The van der Waals surface area contributed by atoms with Gasteiger partial charge in [0.2, 0.25) is 0 Å². The minimum absolute atomic E-state index is 0.633. The highest BCUT2D eigenvalue weighted by Crippen LogP contribution is 2.16. The van der Waals surface area contributed by atoms with E-state index in [9.17, 15) is 0 Å². The van der Waals surface area contributed by atoms with E-state index in [-0.39, 0.29) is 0 Å². The highest BCUT2D eigenvalue weighted by Gasteiger charge is 2.09. The summed E-state index contributed by atoms with van der Waals surface area (Å²) in [5, 5.41) is 3.56. The lowest BCUT2D eigenvalue weighted by Gasteiger charge is -2.19. The zero-order valence-corrected chi connectivity index (χ0v) is 11.8. The molecule has 2 atom stereocenters. The van der Waals surface area contributed by atoms with Crippen molar-refractivity contribution in [2.24, 2.45) is 5.92 Å². The molecule has 96 valence electrons. The van der Waals surface area contributed by atoms with Crippen molar-refractivity contribution in [3.63, 3.8) is 0 Å². The summed E-state index contributed by atoms with van der Waals surface area (Å²) >= 11 is 0. The summed E-state index contributed by atoms with van der Waals surface area (Å²) in [5.41, 5.74) is 2.93. The number of rotatable bonds is 7. The Kier molecular flexibility index (Phi) is 6.28. The maximum absolute atomic E-state index is 3.56. The first-order valence-corrected chi connectivity index (χ1v) is 6.91. The Balaban J connectivity index is 2.39. The van der Waals surface area contributed by atoms with Crippen molar-refractivity contribution in [2.75, 3.05) is 6.54 Å². The highest BCUT2D eigenvalue weighted by molar-refractivity contribution is 5.25. The SMILES string of the molecule is CCCNC(C)CC(C)Cc1ccccc1C. The van der Waals surface area contributed by atoms with Gasteiger partial charge < -0.3 is 5.32 Å². The summed E-state index contributed by atoms with van der Waals surface area (Å²) in [4.78, 5) is 0. The van der Waals surface area contributed by atoms with E-state index < -0.39 is 0 Å². The molecule has 0 saturated carbocycles. The zero-order chi connectivity index (χ0) is 12.7. The number of aryl methyl sites for hydroxylation is 1. The van der Waals surface area contributed by atoms with E-state index in [1.807, 2.05) is 0 Å². The molecule has 0 amide bonds. The molecular formula is C16H27N. The van der Waals surface area contributed by atoms with Crippen molar-refractivity contribution in [3.8, 4) is 0 Å². The molecule has 1 rings (SSSR count). The first kappa shape index (κ1) is 14.2. The Bertz CT molecular complexity index is 319. The molecule has 0 saturated heterocycles. The van der Waals surface area contributed by atoms with Crippen LogP contribution in [0.2, 0.25) is 0 Å². The lowest BCUT2D eigenvalue weighted by atomic mass is 9.93. The normalized spacial score (nSPS) is 14.6. The summed E-state index contributed by atoms with van der Waals surface area (Å²) in [6.45, 7) is 10.2. The van der Waals surface area contributed by atoms with Crippen LogP contribution in [0.25, 0.3) is 0 Å². The molecule has 1 N–H and O–H groups in total. The first-order chi connectivity index (χ1) is 8.13. The van der Waals surface area contributed by atoms with E-state index in [1.54, 1.807) is 0 Å². The minimum atomic E-state index is 0.633. The second-order valence-corrected chi connectivity index (χ2v) is 5.33. The molecule has 1 aromatic carbocycles. The summed E-state index contributed by atoms with van der Waals surface area (Å²) in [6, 6.07) is 9.37. The molecule has 0 aliphatic heterocycles. The maximum atomic E-state index is 3.56. The fourth-order valence-electron chi connectivity index (χ4n) is 2.38. The second-order valence-electron chi connectivity index (χ2n) is 5.33. The third kappa shape index (κ3) is 5.36. The lowest BCUT2D eigenvalue weighted by molar-refractivity contribution is 0.419. The molecule has 1 nitrogen and oxygen atoms in total. The third-order valence-corrected chi connectivity index (χ3v) is 3.33. The van der Waals surface area contributed by atoms with Crippen LogP contribution in [-0.2, 0) is 6.42 Å². The van der Waals surface area contributed by atoms with E-state index in [0.717, 1.165) is 12.5 Å². The molecule has 1 aromatic rings. The van der Waals surface area contributed by atoms with Crippen LogP contribution in [0.15, 0.2) is 24.3 Å². The topological polar surface area (TPSA) is 12.0 Å². The molecule has 0 radical (unpaired) electrons. The van der Waals surface area contributed by atoms with Gasteiger partial charge >= 0.3 is 0 Å². The molecule has 0 spiro atoms. The monoisotopic (exact) mass is 233 g/mol. The number of hydrogen-bond donors (Lipinski definition) is 1. The van der Waals surface area contributed by atoms with Gasteiger partial charge in [-0.05, 0) is 56.7 Å². The molecule has 1 heteroatoms. The summed E-state index contributed by atoms with van der Waals surface area (Å²) < 4.78 is 0. The summed E-state index contributed by atoms with van der Waals surface area (Å²) in [6.07, 6.45) is 3.68. The van der Waals surface area contributed by atoms with Crippen molar-refractivity contribution in [1.29, 1.82) is 0 Å². The van der Waals surface area contributed by atoms with Gasteiger partial charge in [0.05, 0.1) is 0 Å². The Morgan fingerprint density at radius 2 is 1.88 bits per heavy atom. The van der Waals surface area contributed by atoms with Crippen molar-refractivity contribution in [3.05, 3.63) is 35.4 Å². The first-order valence-electron chi connectivity index (χ1n) is 6.91. The molecule has 0 aliphatic carbocycles. The van der Waals surface area contributed by atoms with Crippen LogP contribution < -0.4 is 5.32 Å². The highest BCUT2D eigenvalue weighted by atomic mass is 14.9. The molecule has 2 unspecified atom stereocenters. The van der Waals surface area contributed by atoms with Crippen LogP contribution in [0.5, 0.6) is 0 Å². The molecule has 0 fully saturated rings. The Morgan fingerprint density at radius 3 is 2.53 bits per heavy atom. The van der Waals surface area contributed by atoms with Gasteiger partial charge in [-0.3, -0.25) is 0 Å². The van der Waals surface area contributed by atoms with Gasteiger partial charge in [-0.15, -0.1) is 0 Å². The standard InChI is InChI=1S/C16H27N/c1-5-10-17-15(4)11-13(2)12-16-9-7-6-8-14(16)3/h6-9,13,15,17H,5,10-12H2,1-4H3. The fourth-order valence-corrected chi connectivity index (χ4v) is 2.38. The summed E-state index contributed by atoms with van der Waals surface area (Å²) in [7, 11) is 0. The quantitative estimate of drug-likeness (QED) is 0.752. The average molecular weight is 233 g/mol. The number of benzene rings is 1. The van der Waals surface area contributed by atoms with Crippen molar-refractivity contribution in [2.45, 2.75) is 53.0 Å². The predicted octanol–water partition coefficient (Wildman–Crippen LogP) is 3.95. The van der Waals surface area contributed by atoms with Gasteiger partial charge in [0, 0.05) is 6.04 Å². The Hall–Kier alpha value is -0.820. The minimum Gasteiger partial charge on any atom is -0.314 e. The number of nitrogens with one attached hydrogen (secondary N) is 1. The maximum Gasteiger partial charge on any atom is 0.00413 e. The third-order valence-electron chi connectivity index (χ3n) is 3.33. The second kappa shape index (κ2) is 7.50.